The van der Waals surface area contributed by atoms with Gasteiger partial charge in [0.2, 0.25) is 0 Å². The number of rotatable bonds is 2. The molecular weight excluding hydrogens is 204 g/mol. The maximum Gasteiger partial charge on any atom is 0.252 e. The minimum Gasteiger partial charge on any atom is -0.365 e. The highest BCUT2D eigenvalue weighted by atomic mass is 16.5. The normalized spacial score (nSPS) is 39.6. The van der Waals surface area contributed by atoms with E-state index in [9.17, 15) is 4.79 Å². The van der Waals surface area contributed by atoms with E-state index in [-0.39, 0.29) is 5.91 Å². The lowest BCUT2D eigenvalue weighted by molar-refractivity contribution is -0.140. The van der Waals surface area contributed by atoms with Crippen molar-refractivity contribution in [1.82, 2.24) is 10.6 Å². The Kier molecular flexibility index (Phi) is 3.50. The third kappa shape index (κ3) is 2.55. The molecule has 0 aromatic heterocycles. The zero-order chi connectivity index (χ0) is 11.6. The van der Waals surface area contributed by atoms with Gasteiger partial charge in [-0.25, -0.2) is 0 Å². The van der Waals surface area contributed by atoms with Crippen LogP contribution in [0.25, 0.3) is 0 Å². The van der Waals surface area contributed by atoms with Gasteiger partial charge in [0.15, 0.2) is 0 Å². The molecule has 2 heterocycles. The Balaban J connectivity index is 1.86. The van der Waals surface area contributed by atoms with Gasteiger partial charge in [-0.05, 0) is 46.1 Å². The summed E-state index contributed by atoms with van der Waals surface area (Å²) in [6.07, 6.45) is 3.87. The number of ether oxygens (including phenoxy) is 1. The van der Waals surface area contributed by atoms with Crippen LogP contribution in [0.15, 0.2) is 0 Å². The molecule has 16 heavy (non-hydrogen) atoms. The van der Waals surface area contributed by atoms with Gasteiger partial charge in [-0.3, -0.25) is 4.79 Å². The number of hydrogen-bond donors (Lipinski definition) is 2. The van der Waals surface area contributed by atoms with Crippen molar-refractivity contribution in [3.05, 3.63) is 0 Å². The predicted molar refractivity (Wildman–Crippen MR) is 62.2 cm³/mol. The number of nitrogens with one attached hydrogen (secondary N) is 2. The number of carbonyl (C=O) groups excluding carboxylic acids is 1. The van der Waals surface area contributed by atoms with E-state index in [0.717, 1.165) is 32.2 Å². The van der Waals surface area contributed by atoms with Crippen LogP contribution in [0, 0.1) is 0 Å². The average molecular weight is 226 g/mol. The molecule has 0 aliphatic carbocycles. The number of amides is 1. The van der Waals surface area contributed by atoms with Crippen molar-refractivity contribution in [3.8, 4) is 0 Å². The fourth-order valence-corrected chi connectivity index (χ4v) is 2.56. The average Bonchev–Trinajstić information content (AvgIpc) is 2.66. The van der Waals surface area contributed by atoms with E-state index in [4.69, 9.17) is 4.74 Å². The molecule has 2 saturated heterocycles. The summed E-state index contributed by atoms with van der Waals surface area (Å²) in [5, 5.41) is 6.51. The predicted octanol–water partition coefficient (Wildman–Crippen LogP) is 0.812. The van der Waals surface area contributed by atoms with Gasteiger partial charge in [-0.1, -0.05) is 0 Å². The van der Waals surface area contributed by atoms with Crippen LogP contribution < -0.4 is 10.6 Å². The highest BCUT2D eigenvalue weighted by Gasteiger charge is 2.38. The first-order valence-electron chi connectivity index (χ1n) is 6.28. The smallest absolute Gasteiger partial charge is 0.252 e. The standard InChI is InChI=1S/C12H22N2O2/c1-9-8-10(4-6-13-9)14-11(15)12(2)5-3-7-16-12/h9-10,13H,3-8H2,1-2H3,(H,14,15). The van der Waals surface area contributed by atoms with E-state index in [0.29, 0.717) is 18.7 Å². The second-order valence-corrected chi connectivity index (χ2v) is 5.23. The Morgan fingerprint density at radius 1 is 1.56 bits per heavy atom. The topological polar surface area (TPSA) is 50.4 Å². The van der Waals surface area contributed by atoms with Crippen molar-refractivity contribution in [1.29, 1.82) is 0 Å². The Morgan fingerprint density at radius 3 is 3.00 bits per heavy atom. The monoisotopic (exact) mass is 226 g/mol. The molecule has 0 bridgehead atoms. The molecule has 0 radical (unpaired) electrons. The van der Waals surface area contributed by atoms with Crippen LogP contribution in [0.4, 0.5) is 0 Å². The lowest BCUT2D eigenvalue weighted by Crippen LogP contribution is -2.52. The van der Waals surface area contributed by atoms with E-state index in [2.05, 4.69) is 17.6 Å². The first-order valence-corrected chi connectivity index (χ1v) is 6.28. The van der Waals surface area contributed by atoms with Gasteiger partial charge in [0, 0.05) is 18.7 Å². The zero-order valence-electron chi connectivity index (χ0n) is 10.2. The molecule has 1 amide bonds. The highest BCUT2D eigenvalue weighted by Crippen LogP contribution is 2.25. The molecule has 4 nitrogen and oxygen atoms in total. The summed E-state index contributed by atoms with van der Waals surface area (Å²) in [5.41, 5.74) is -0.575. The van der Waals surface area contributed by atoms with Gasteiger partial charge in [-0.15, -0.1) is 0 Å². The van der Waals surface area contributed by atoms with Crippen LogP contribution in [0.2, 0.25) is 0 Å². The highest BCUT2D eigenvalue weighted by molar-refractivity contribution is 5.85. The fraction of sp³-hybridized carbons (Fsp3) is 0.917. The maximum absolute atomic E-state index is 12.1. The van der Waals surface area contributed by atoms with Crippen LogP contribution in [0.5, 0.6) is 0 Å². The van der Waals surface area contributed by atoms with Crippen molar-refractivity contribution >= 4 is 5.91 Å². The fourth-order valence-electron chi connectivity index (χ4n) is 2.56. The van der Waals surface area contributed by atoms with Crippen LogP contribution in [0.1, 0.15) is 39.5 Å². The van der Waals surface area contributed by atoms with Gasteiger partial charge in [0.25, 0.3) is 5.91 Å². The number of hydrogen-bond acceptors (Lipinski definition) is 3. The Hall–Kier alpha value is -0.610. The minimum absolute atomic E-state index is 0.0732. The molecule has 2 fully saturated rings. The summed E-state index contributed by atoms with van der Waals surface area (Å²) in [5.74, 6) is 0.0732. The second-order valence-electron chi connectivity index (χ2n) is 5.23. The molecule has 0 saturated carbocycles. The molecule has 0 aromatic rings. The summed E-state index contributed by atoms with van der Waals surface area (Å²) in [6.45, 7) is 5.77. The van der Waals surface area contributed by atoms with Crippen LogP contribution in [0.3, 0.4) is 0 Å². The number of carbonyl (C=O) groups is 1. The molecule has 0 aromatic carbocycles. The summed E-state index contributed by atoms with van der Waals surface area (Å²) in [4.78, 5) is 12.1. The van der Waals surface area contributed by atoms with E-state index in [1.807, 2.05) is 6.92 Å². The summed E-state index contributed by atoms with van der Waals surface area (Å²) >= 11 is 0. The quantitative estimate of drug-likeness (QED) is 0.732. The van der Waals surface area contributed by atoms with Crippen molar-refractivity contribution in [3.63, 3.8) is 0 Å². The lowest BCUT2D eigenvalue weighted by Gasteiger charge is -2.31. The Morgan fingerprint density at radius 2 is 2.38 bits per heavy atom. The van der Waals surface area contributed by atoms with E-state index in [1.54, 1.807) is 0 Å². The SMILES string of the molecule is CC1CC(NC(=O)C2(C)CCCO2)CCN1. The van der Waals surface area contributed by atoms with E-state index >= 15 is 0 Å². The molecule has 92 valence electrons. The van der Waals surface area contributed by atoms with Crippen molar-refractivity contribution in [2.75, 3.05) is 13.2 Å². The first-order chi connectivity index (χ1) is 7.60. The van der Waals surface area contributed by atoms with Gasteiger partial charge < -0.3 is 15.4 Å². The van der Waals surface area contributed by atoms with Crippen LogP contribution in [-0.2, 0) is 9.53 Å². The van der Waals surface area contributed by atoms with Gasteiger partial charge in [0.1, 0.15) is 5.60 Å². The van der Waals surface area contributed by atoms with E-state index in [1.165, 1.54) is 0 Å². The third-order valence-corrected chi connectivity index (χ3v) is 3.66. The molecule has 0 spiro atoms. The molecule has 4 heteroatoms. The van der Waals surface area contributed by atoms with Crippen molar-refractivity contribution in [2.45, 2.75) is 57.2 Å². The second kappa shape index (κ2) is 4.72. The third-order valence-electron chi connectivity index (χ3n) is 3.66. The molecule has 2 rings (SSSR count). The van der Waals surface area contributed by atoms with Crippen LogP contribution >= 0.6 is 0 Å². The molecular formula is C12H22N2O2. The number of piperidine rings is 1. The molecule has 2 aliphatic heterocycles. The van der Waals surface area contributed by atoms with Crippen molar-refractivity contribution < 1.29 is 9.53 Å². The van der Waals surface area contributed by atoms with E-state index < -0.39 is 5.60 Å². The largest absolute Gasteiger partial charge is 0.365 e. The van der Waals surface area contributed by atoms with Gasteiger partial charge in [0.05, 0.1) is 0 Å². The summed E-state index contributed by atoms with van der Waals surface area (Å²) in [6, 6.07) is 0.807. The summed E-state index contributed by atoms with van der Waals surface area (Å²) < 4.78 is 5.54. The minimum atomic E-state index is -0.575. The van der Waals surface area contributed by atoms with Crippen molar-refractivity contribution in [2.24, 2.45) is 0 Å². The Bertz CT molecular complexity index is 262. The maximum atomic E-state index is 12.1. The lowest BCUT2D eigenvalue weighted by atomic mass is 9.97. The van der Waals surface area contributed by atoms with Gasteiger partial charge >= 0.3 is 0 Å². The summed E-state index contributed by atoms with van der Waals surface area (Å²) in [7, 11) is 0. The zero-order valence-corrected chi connectivity index (χ0v) is 10.2. The molecule has 2 aliphatic rings. The van der Waals surface area contributed by atoms with Crippen LogP contribution in [-0.4, -0.2) is 36.7 Å². The molecule has 3 atom stereocenters. The molecule has 3 unspecified atom stereocenters. The first kappa shape index (κ1) is 11.9. The Labute approximate surface area is 97.1 Å². The molecule has 2 N–H and O–H groups in total. The van der Waals surface area contributed by atoms with Gasteiger partial charge in [-0.2, -0.15) is 0 Å².